The molecule has 1 aromatic heterocycles. The summed E-state index contributed by atoms with van der Waals surface area (Å²) in [4.78, 5) is 0. The van der Waals surface area contributed by atoms with Crippen molar-refractivity contribution in [2.45, 2.75) is 32.4 Å². The SMILES string of the molecule is CNC(C)CCc1ccc(OCc2nncn2C)cc1. The van der Waals surface area contributed by atoms with Crippen molar-refractivity contribution in [1.29, 1.82) is 0 Å². The van der Waals surface area contributed by atoms with E-state index in [1.165, 1.54) is 5.56 Å². The molecule has 0 amide bonds. The number of ether oxygens (including phenoxy) is 1. The number of nitrogens with zero attached hydrogens (tertiary/aromatic N) is 3. The highest BCUT2D eigenvalue weighted by atomic mass is 16.5. The molecule has 0 saturated heterocycles. The first-order valence-electron chi connectivity index (χ1n) is 6.91. The Kier molecular flexibility index (Phi) is 5.12. The topological polar surface area (TPSA) is 52.0 Å². The van der Waals surface area contributed by atoms with Crippen LogP contribution < -0.4 is 10.1 Å². The highest BCUT2D eigenvalue weighted by Crippen LogP contribution is 2.15. The van der Waals surface area contributed by atoms with Crippen LogP contribution in [-0.4, -0.2) is 27.9 Å². The summed E-state index contributed by atoms with van der Waals surface area (Å²) in [5.74, 6) is 1.68. The largest absolute Gasteiger partial charge is 0.486 e. The van der Waals surface area contributed by atoms with E-state index in [9.17, 15) is 0 Å². The Morgan fingerprint density at radius 2 is 2.05 bits per heavy atom. The average molecular weight is 274 g/mol. The molecule has 2 rings (SSSR count). The number of aromatic nitrogens is 3. The lowest BCUT2D eigenvalue weighted by molar-refractivity contribution is 0.291. The van der Waals surface area contributed by atoms with Gasteiger partial charge < -0.3 is 14.6 Å². The second-order valence-corrected chi connectivity index (χ2v) is 5.02. The van der Waals surface area contributed by atoms with Crippen LogP contribution in [0.4, 0.5) is 0 Å². The molecule has 5 heteroatoms. The van der Waals surface area contributed by atoms with Gasteiger partial charge in [0.25, 0.3) is 0 Å². The van der Waals surface area contributed by atoms with Crippen molar-refractivity contribution >= 4 is 0 Å². The first kappa shape index (κ1) is 14.5. The van der Waals surface area contributed by atoms with Crippen LogP contribution in [0.5, 0.6) is 5.75 Å². The van der Waals surface area contributed by atoms with E-state index in [1.807, 2.05) is 30.8 Å². The zero-order chi connectivity index (χ0) is 14.4. The lowest BCUT2D eigenvalue weighted by atomic mass is 10.1. The van der Waals surface area contributed by atoms with Crippen molar-refractivity contribution in [1.82, 2.24) is 20.1 Å². The third kappa shape index (κ3) is 4.06. The Balaban J connectivity index is 1.84. The van der Waals surface area contributed by atoms with Gasteiger partial charge in [0.15, 0.2) is 5.82 Å². The molecule has 108 valence electrons. The van der Waals surface area contributed by atoms with Crippen LogP contribution in [0.15, 0.2) is 30.6 Å². The molecule has 0 saturated carbocycles. The second kappa shape index (κ2) is 7.05. The number of rotatable bonds is 7. The summed E-state index contributed by atoms with van der Waals surface area (Å²) < 4.78 is 7.55. The first-order valence-corrected chi connectivity index (χ1v) is 6.91. The summed E-state index contributed by atoms with van der Waals surface area (Å²) in [6, 6.07) is 8.80. The van der Waals surface area contributed by atoms with Crippen LogP contribution in [0, 0.1) is 0 Å². The van der Waals surface area contributed by atoms with Gasteiger partial charge in [-0.05, 0) is 44.5 Å². The van der Waals surface area contributed by atoms with E-state index in [1.54, 1.807) is 6.33 Å². The monoisotopic (exact) mass is 274 g/mol. The minimum absolute atomic E-state index is 0.437. The molecule has 0 radical (unpaired) electrons. The Labute approximate surface area is 120 Å². The molecule has 1 N–H and O–H groups in total. The van der Waals surface area contributed by atoms with Crippen molar-refractivity contribution < 1.29 is 4.74 Å². The second-order valence-electron chi connectivity index (χ2n) is 5.02. The van der Waals surface area contributed by atoms with Crippen LogP contribution in [0.2, 0.25) is 0 Å². The Bertz CT molecular complexity index is 521. The van der Waals surface area contributed by atoms with Crippen molar-refractivity contribution in [2.75, 3.05) is 7.05 Å². The van der Waals surface area contributed by atoms with Gasteiger partial charge in [-0.25, -0.2) is 0 Å². The van der Waals surface area contributed by atoms with Gasteiger partial charge in [-0.3, -0.25) is 0 Å². The summed E-state index contributed by atoms with van der Waals surface area (Å²) in [6.45, 7) is 2.63. The van der Waals surface area contributed by atoms with E-state index < -0.39 is 0 Å². The Morgan fingerprint density at radius 3 is 2.65 bits per heavy atom. The molecule has 0 aliphatic heterocycles. The maximum absolute atomic E-state index is 5.70. The van der Waals surface area contributed by atoms with E-state index in [-0.39, 0.29) is 0 Å². The fourth-order valence-corrected chi connectivity index (χ4v) is 1.87. The molecule has 2 aromatic rings. The smallest absolute Gasteiger partial charge is 0.170 e. The minimum Gasteiger partial charge on any atom is -0.486 e. The van der Waals surface area contributed by atoms with Gasteiger partial charge in [0.2, 0.25) is 0 Å². The third-order valence-corrected chi connectivity index (χ3v) is 3.46. The van der Waals surface area contributed by atoms with Crippen LogP contribution in [0.3, 0.4) is 0 Å². The highest BCUT2D eigenvalue weighted by Gasteiger charge is 2.03. The lowest BCUT2D eigenvalue weighted by Crippen LogP contribution is -2.21. The highest BCUT2D eigenvalue weighted by molar-refractivity contribution is 5.27. The fourth-order valence-electron chi connectivity index (χ4n) is 1.87. The van der Waals surface area contributed by atoms with Crippen molar-refractivity contribution in [2.24, 2.45) is 7.05 Å². The quantitative estimate of drug-likeness (QED) is 0.838. The van der Waals surface area contributed by atoms with Crippen LogP contribution in [0.25, 0.3) is 0 Å². The van der Waals surface area contributed by atoms with Crippen molar-refractivity contribution in [3.63, 3.8) is 0 Å². The summed E-state index contributed by atoms with van der Waals surface area (Å²) in [7, 11) is 3.90. The molecular formula is C15H22N4O. The van der Waals surface area contributed by atoms with E-state index in [0.717, 1.165) is 24.4 Å². The van der Waals surface area contributed by atoms with Gasteiger partial charge in [-0.1, -0.05) is 12.1 Å². The zero-order valence-corrected chi connectivity index (χ0v) is 12.3. The summed E-state index contributed by atoms with van der Waals surface area (Å²) in [5.41, 5.74) is 1.33. The van der Waals surface area contributed by atoms with Gasteiger partial charge in [-0.15, -0.1) is 10.2 Å². The lowest BCUT2D eigenvalue weighted by Gasteiger charge is -2.10. The van der Waals surface area contributed by atoms with Crippen LogP contribution in [-0.2, 0) is 20.1 Å². The molecule has 1 aromatic carbocycles. The predicted octanol–water partition coefficient (Wildman–Crippen LogP) is 1.93. The van der Waals surface area contributed by atoms with E-state index >= 15 is 0 Å². The molecular weight excluding hydrogens is 252 g/mol. The van der Waals surface area contributed by atoms with Gasteiger partial charge in [-0.2, -0.15) is 0 Å². The molecule has 0 bridgehead atoms. The Hall–Kier alpha value is -1.88. The third-order valence-electron chi connectivity index (χ3n) is 3.46. The molecule has 20 heavy (non-hydrogen) atoms. The van der Waals surface area contributed by atoms with Crippen molar-refractivity contribution in [3.05, 3.63) is 42.0 Å². The predicted molar refractivity (Wildman–Crippen MR) is 78.6 cm³/mol. The number of hydrogen-bond donors (Lipinski definition) is 1. The number of benzene rings is 1. The molecule has 1 atom stereocenters. The van der Waals surface area contributed by atoms with E-state index in [2.05, 4.69) is 34.6 Å². The number of nitrogens with one attached hydrogen (secondary N) is 1. The number of hydrogen-bond acceptors (Lipinski definition) is 4. The molecule has 1 heterocycles. The van der Waals surface area contributed by atoms with Gasteiger partial charge >= 0.3 is 0 Å². The van der Waals surface area contributed by atoms with Gasteiger partial charge in [0.05, 0.1) is 0 Å². The summed E-state index contributed by atoms with van der Waals surface area (Å²) in [6.07, 6.45) is 3.88. The molecule has 0 fully saturated rings. The van der Waals surface area contributed by atoms with Gasteiger partial charge in [0, 0.05) is 13.1 Å². The summed E-state index contributed by atoms with van der Waals surface area (Å²) >= 11 is 0. The molecule has 5 nitrogen and oxygen atoms in total. The van der Waals surface area contributed by atoms with E-state index in [4.69, 9.17) is 4.74 Å². The molecule has 0 aliphatic carbocycles. The maximum atomic E-state index is 5.70. The minimum atomic E-state index is 0.437. The average Bonchev–Trinajstić information content (AvgIpc) is 2.89. The standard InChI is InChI=1S/C15H22N4O/c1-12(16-2)4-5-13-6-8-14(9-7-13)20-10-15-18-17-11-19(15)3/h6-9,11-12,16H,4-5,10H2,1-3H3. The van der Waals surface area contributed by atoms with Crippen LogP contribution in [0.1, 0.15) is 24.7 Å². The maximum Gasteiger partial charge on any atom is 0.170 e. The zero-order valence-electron chi connectivity index (χ0n) is 12.3. The molecule has 0 aliphatic rings. The van der Waals surface area contributed by atoms with Gasteiger partial charge in [0.1, 0.15) is 18.7 Å². The summed E-state index contributed by atoms with van der Waals surface area (Å²) in [5, 5.41) is 11.1. The fraction of sp³-hybridized carbons (Fsp3) is 0.467. The molecule has 0 spiro atoms. The van der Waals surface area contributed by atoms with E-state index in [0.29, 0.717) is 12.6 Å². The normalized spacial score (nSPS) is 12.3. The molecule has 1 unspecified atom stereocenters. The van der Waals surface area contributed by atoms with Crippen LogP contribution >= 0.6 is 0 Å². The van der Waals surface area contributed by atoms with Crippen molar-refractivity contribution in [3.8, 4) is 5.75 Å². The Morgan fingerprint density at radius 1 is 1.30 bits per heavy atom. The first-order chi connectivity index (χ1) is 9.69. The number of aryl methyl sites for hydroxylation is 2.